The second kappa shape index (κ2) is 7.07. The molecular weight excluding hydrogens is 268 g/mol. The number of carbonyl (C=O) groups excluding carboxylic acids is 1. The third-order valence-corrected chi connectivity index (χ3v) is 5.25. The molecule has 5 heteroatoms. The number of likely N-dealkylation sites (N-methyl/N-ethyl adjacent to an activating group) is 1. The maximum Gasteiger partial charge on any atom is 0.223 e. The van der Waals surface area contributed by atoms with Crippen molar-refractivity contribution in [3.8, 4) is 0 Å². The third kappa shape index (κ3) is 4.41. The first-order valence-corrected chi connectivity index (χ1v) is 8.23. The number of rotatable bonds is 5. The Morgan fingerprint density at radius 3 is 2.38 bits per heavy atom. The van der Waals surface area contributed by atoms with Gasteiger partial charge in [-0.1, -0.05) is 19.3 Å². The van der Waals surface area contributed by atoms with Gasteiger partial charge in [-0.25, -0.2) is 0 Å². The Morgan fingerprint density at radius 2 is 1.81 bits per heavy atom. The van der Waals surface area contributed by atoms with E-state index in [0.29, 0.717) is 45.6 Å². The number of hydrogen-bond acceptors (Lipinski definition) is 4. The summed E-state index contributed by atoms with van der Waals surface area (Å²) in [7, 11) is 1.79. The molecule has 1 saturated carbocycles. The van der Waals surface area contributed by atoms with Crippen LogP contribution < -0.4 is 5.73 Å². The molecule has 1 heterocycles. The van der Waals surface area contributed by atoms with E-state index in [2.05, 4.69) is 0 Å². The number of carbonyl (C=O) groups is 1. The molecule has 2 fully saturated rings. The van der Waals surface area contributed by atoms with Crippen molar-refractivity contribution >= 4 is 5.91 Å². The maximum absolute atomic E-state index is 12.5. The van der Waals surface area contributed by atoms with Gasteiger partial charge in [-0.15, -0.1) is 0 Å². The van der Waals surface area contributed by atoms with Gasteiger partial charge in [0.1, 0.15) is 0 Å². The quantitative estimate of drug-likeness (QED) is 0.802. The minimum Gasteiger partial charge on any atom is -0.388 e. The summed E-state index contributed by atoms with van der Waals surface area (Å²) in [5, 5.41) is 10.5. The maximum atomic E-state index is 12.5. The van der Waals surface area contributed by atoms with Crippen LogP contribution in [0.5, 0.6) is 0 Å². The van der Waals surface area contributed by atoms with Crippen LogP contribution in [-0.2, 0) is 9.53 Å². The molecule has 3 N–H and O–H groups in total. The van der Waals surface area contributed by atoms with Gasteiger partial charge in [0.05, 0.1) is 5.60 Å². The first-order valence-electron chi connectivity index (χ1n) is 8.23. The molecule has 2 aliphatic rings. The summed E-state index contributed by atoms with van der Waals surface area (Å²) in [5.74, 6) is 0.113. The van der Waals surface area contributed by atoms with Crippen LogP contribution >= 0.6 is 0 Å². The van der Waals surface area contributed by atoms with Gasteiger partial charge in [0, 0.05) is 46.1 Å². The summed E-state index contributed by atoms with van der Waals surface area (Å²) < 4.78 is 5.28. The fourth-order valence-electron chi connectivity index (χ4n) is 3.65. The van der Waals surface area contributed by atoms with Crippen LogP contribution in [0.2, 0.25) is 0 Å². The molecular formula is C16H30N2O3. The highest BCUT2D eigenvalue weighted by molar-refractivity contribution is 5.76. The van der Waals surface area contributed by atoms with Crippen LogP contribution in [0.25, 0.3) is 0 Å². The highest BCUT2D eigenvalue weighted by atomic mass is 16.5. The Labute approximate surface area is 127 Å². The Hall–Kier alpha value is -0.650. The Bertz CT molecular complexity index is 347. The van der Waals surface area contributed by atoms with E-state index >= 15 is 0 Å². The monoisotopic (exact) mass is 298 g/mol. The van der Waals surface area contributed by atoms with Crippen LogP contribution in [0.15, 0.2) is 0 Å². The van der Waals surface area contributed by atoms with Crippen molar-refractivity contribution in [2.24, 2.45) is 11.1 Å². The number of nitrogens with two attached hydrogens (primary N) is 1. The Balaban J connectivity index is 1.89. The third-order valence-electron chi connectivity index (χ3n) is 5.25. The van der Waals surface area contributed by atoms with E-state index < -0.39 is 5.60 Å². The van der Waals surface area contributed by atoms with Crippen LogP contribution in [0.3, 0.4) is 0 Å². The average Bonchev–Trinajstić information content (AvgIpc) is 2.48. The second-order valence-electron chi connectivity index (χ2n) is 7.03. The van der Waals surface area contributed by atoms with Crippen LogP contribution in [0.4, 0.5) is 0 Å². The van der Waals surface area contributed by atoms with E-state index in [4.69, 9.17) is 10.5 Å². The molecule has 0 atom stereocenters. The molecule has 21 heavy (non-hydrogen) atoms. The lowest BCUT2D eigenvalue weighted by Crippen LogP contribution is -2.48. The van der Waals surface area contributed by atoms with E-state index in [1.807, 2.05) is 0 Å². The van der Waals surface area contributed by atoms with Gasteiger partial charge in [0.2, 0.25) is 5.91 Å². The number of aliphatic hydroxyl groups is 1. The molecule has 0 unspecified atom stereocenters. The zero-order chi connectivity index (χ0) is 15.3. The van der Waals surface area contributed by atoms with E-state index in [-0.39, 0.29) is 11.3 Å². The van der Waals surface area contributed by atoms with Gasteiger partial charge in [0.15, 0.2) is 0 Å². The predicted molar refractivity (Wildman–Crippen MR) is 81.8 cm³/mol. The largest absolute Gasteiger partial charge is 0.388 e. The molecule has 1 aliphatic heterocycles. The minimum absolute atomic E-state index is 0.0120. The Morgan fingerprint density at radius 1 is 1.19 bits per heavy atom. The van der Waals surface area contributed by atoms with Gasteiger partial charge >= 0.3 is 0 Å². The summed E-state index contributed by atoms with van der Waals surface area (Å²) in [6.07, 6.45) is 7.45. The van der Waals surface area contributed by atoms with Crippen molar-refractivity contribution in [1.29, 1.82) is 0 Å². The van der Waals surface area contributed by atoms with Crippen molar-refractivity contribution in [1.82, 2.24) is 4.90 Å². The number of hydrogen-bond donors (Lipinski definition) is 2. The summed E-state index contributed by atoms with van der Waals surface area (Å²) in [4.78, 5) is 14.2. The van der Waals surface area contributed by atoms with Gasteiger partial charge in [0.25, 0.3) is 0 Å². The van der Waals surface area contributed by atoms with Gasteiger partial charge in [-0.2, -0.15) is 0 Å². The van der Waals surface area contributed by atoms with Gasteiger partial charge in [-0.05, 0) is 24.8 Å². The lowest BCUT2D eigenvalue weighted by molar-refractivity contribution is -0.139. The Kier molecular flexibility index (Phi) is 5.63. The zero-order valence-corrected chi connectivity index (χ0v) is 13.3. The van der Waals surface area contributed by atoms with Gasteiger partial charge < -0.3 is 20.5 Å². The SMILES string of the molecule is CN(CC1(O)CCOCC1)C(=O)CC1(CN)CCCCC1. The minimum atomic E-state index is -0.787. The molecule has 0 aromatic heterocycles. The number of nitrogens with zero attached hydrogens (tertiary/aromatic N) is 1. The molecule has 1 aliphatic carbocycles. The highest BCUT2D eigenvalue weighted by Gasteiger charge is 2.36. The van der Waals surface area contributed by atoms with Crippen LogP contribution in [0.1, 0.15) is 51.4 Å². The lowest BCUT2D eigenvalue weighted by atomic mass is 9.71. The molecule has 1 amide bonds. The van der Waals surface area contributed by atoms with Crippen molar-refractivity contribution in [3.05, 3.63) is 0 Å². The molecule has 0 aromatic rings. The molecule has 0 aromatic carbocycles. The summed E-state index contributed by atoms with van der Waals surface area (Å²) in [6.45, 7) is 2.14. The van der Waals surface area contributed by atoms with E-state index in [9.17, 15) is 9.90 Å². The smallest absolute Gasteiger partial charge is 0.223 e. The zero-order valence-electron chi connectivity index (χ0n) is 13.3. The topological polar surface area (TPSA) is 75.8 Å². The van der Waals surface area contributed by atoms with E-state index in [1.54, 1.807) is 11.9 Å². The molecule has 1 saturated heterocycles. The second-order valence-corrected chi connectivity index (χ2v) is 7.03. The summed E-state index contributed by atoms with van der Waals surface area (Å²) in [6, 6.07) is 0. The van der Waals surface area contributed by atoms with E-state index in [0.717, 1.165) is 12.8 Å². The number of amides is 1. The number of ether oxygens (including phenoxy) is 1. The average molecular weight is 298 g/mol. The van der Waals surface area contributed by atoms with E-state index in [1.165, 1.54) is 19.3 Å². The molecule has 0 radical (unpaired) electrons. The molecule has 5 nitrogen and oxygen atoms in total. The van der Waals surface area contributed by atoms with Crippen LogP contribution in [0, 0.1) is 5.41 Å². The van der Waals surface area contributed by atoms with Crippen molar-refractivity contribution in [2.45, 2.75) is 57.0 Å². The summed E-state index contributed by atoms with van der Waals surface area (Å²) >= 11 is 0. The first-order chi connectivity index (χ1) is 9.99. The molecule has 0 spiro atoms. The normalized spacial score (nSPS) is 24.5. The van der Waals surface area contributed by atoms with Gasteiger partial charge in [-0.3, -0.25) is 4.79 Å². The molecule has 122 valence electrons. The predicted octanol–water partition coefficient (Wildman–Crippen LogP) is 1.29. The highest BCUT2D eigenvalue weighted by Crippen LogP contribution is 2.38. The van der Waals surface area contributed by atoms with Crippen molar-refractivity contribution < 1.29 is 14.6 Å². The standard InChI is InChI=1S/C16H30N2O3/c1-18(13-16(20)7-9-21-10-8-16)14(19)11-15(12-17)5-3-2-4-6-15/h20H,2-13,17H2,1H3. The molecule has 2 rings (SSSR count). The molecule has 0 bridgehead atoms. The fourth-order valence-corrected chi connectivity index (χ4v) is 3.65. The first kappa shape index (κ1) is 16.7. The van der Waals surface area contributed by atoms with Crippen molar-refractivity contribution in [3.63, 3.8) is 0 Å². The summed E-state index contributed by atoms with van der Waals surface area (Å²) in [5.41, 5.74) is 5.16. The lowest BCUT2D eigenvalue weighted by Gasteiger charge is -2.39. The fraction of sp³-hybridized carbons (Fsp3) is 0.938. The van der Waals surface area contributed by atoms with Crippen molar-refractivity contribution in [2.75, 3.05) is 33.4 Å². The van der Waals surface area contributed by atoms with Crippen LogP contribution in [-0.4, -0.2) is 54.9 Å².